The van der Waals surface area contributed by atoms with Crippen LogP contribution < -0.4 is 0 Å². The van der Waals surface area contributed by atoms with Gasteiger partial charge in [-0.15, -0.1) is 0 Å². The molecule has 1 aliphatic rings. The number of nitrogens with zero attached hydrogens (tertiary/aromatic N) is 1. The quantitative estimate of drug-likeness (QED) is 0.738. The molecule has 0 N–H and O–H groups in total. The number of rotatable bonds is 3. The number of pyridine rings is 1. The molecule has 1 fully saturated rings. The maximum atomic E-state index is 12.9. The van der Waals surface area contributed by atoms with Crippen LogP contribution >= 0.6 is 0 Å². The molecular formula is C11H10F5N. The zero-order valence-corrected chi connectivity index (χ0v) is 8.72. The van der Waals surface area contributed by atoms with Crippen molar-refractivity contribution in [2.45, 2.75) is 31.4 Å². The number of halogens is 5. The lowest BCUT2D eigenvalue weighted by atomic mass is 9.91. The van der Waals surface area contributed by atoms with Gasteiger partial charge in [-0.2, -0.15) is 13.2 Å². The average molecular weight is 251 g/mol. The third-order valence-corrected chi connectivity index (χ3v) is 2.90. The van der Waals surface area contributed by atoms with Gasteiger partial charge in [0.1, 0.15) is 0 Å². The van der Waals surface area contributed by atoms with E-state index in [2.05, 4.69) is 4.98 Å². The fourth-order valence-corrected chi connectivity index (χ4v) is 2.00. The van der Waals surface area contributed by atoms with E-state index in [-0.39, 0.29) is 5.56 Å². The van der Waals surface area contributed by atoms with Crippen LogP contribution in [0.1, 0.15) is 36.3 Å². The summed E-state index contributed by atoms with van der Waals surface area (Å²) in [6.45, 7) is 0. The van der Waals surface area contributed by atoms with Crippen LogP contribution in [0.25, 0.3) is 0 Å². The van der Waals surface area contributed by atoms with Crippen molar-refractivity contribution in [2.75, 3.05) is 0 Å². The minimum absolute atomic E-state index is 0.377. The van der Waals surface area contributed by atoms with Crippen LogP contribution in [0.3, 0.4) is 0 Å². The minimum Gasteiger partial charge on any atom is -0.264 e. The minimum atomic E-state index is -4.49. The highest BCUT2D eigenvalue weighted by Crippen LogP contribution is 2.52. The summed E-state index contributed by atoms with van der Waals surface area (Å²) in [4.78, 5) is 3.54. The molecule has 1 saturated carbocycles. The Morgan fingerprint density at radius 2 is 1.82 bits per heavy atom. The van der Waals surface area contributed by atoms with Gasteiger partial charge >= 0.3 is 6.18 Å². The molecule has 1 heterocycles. The van der Waals surface area contributed by atoms with E-state index in [1.165, 1.54) is 0 Å². The van der Waals surface area contributed by atoms with E-state index in [9.17, 15) is 22.0 Å². The highest BCUT2D eigenvalue weighted by molar-refractivity contribution is 5.31. The van der Waals surface area contributed by atoms with Crippen LogP contribution in [0.5, 0.6) is 0 Å². The second-order valence-electron chi connectivity index (χ2n) is 4.16. The number of hydrogen-bond acceptors (Lipinski definition) is 1. The molecular weight excluding hydrogens is 241 g/mol. The van der Waals surface area contributed by atoms with Crippen molar-refractivity contribution in [1.29, 1.82) is 0 Å². The smallest absolute Gasteiger partial charge is 0.264 e. The molecule has 0 unspecified atom stereocenters. The van der Waals surface area contributed by atoms with E-state index in [4.69, 9.17) is 0 Å². The van der Waals surface area contributed by atoms with Gasteiger partial charge in [0.2, 0.25) is 0 Å². The Morgan fingerprint density at radius 1 is 1.18 bits per heavy atom. The van der Waals surface area contributed by atoms with E-state index in [1.54, 1.807) is 0 Å². The highest BCUT2D eigenvalue weighted by Gasteiger charge is 2.50. The summed E-state index contributed by atoms with van der Waals surface area (Å²) in [7, 11) is 0. The second-order valence-corrected chi connectivity index (χ2v) is 4.16. The molecule has 17 heavy (non-hydrogen) atoms. The second kappa shape index (κ2) is 4.23. The van der Waals surface area contributed by atoms with Crippen molar-refractivity contribution in [3.63, 3.8) is 0 Å². The molecule has 2 rings (SSSR count). The molecule has 0 radical (unpaired) electrons. The summed E-state index contributed by atoms with van der Waals surface area (Å²) in [5.74, 6) is -2.38. The van der Waals surface area contributed by atoms with Gasteiger partial charge in [0.25, 0.3) is 6.43 Å². The summed E-state index contributed by atoms with van der Waals surface area (Å²) < 4.78 is 63.9. The Kier molecular flexibility index (Phi) is 3.05. The lowest BCUT2D eigenvalue weighted by Gasteiger charge is -2.22. The van der Waals surface area contributed by atoms with E-state index in [1.807, 2.05) is 0 Å². The van der Waals surface area contributed by atoms with Crippen molar-refractivity contribution in [2.24, 2.45) is 5.92 Å². The zero-order chi connectivity index (χ0) is 12.6. The molecule has 94 valence electrons. The molecule has 1 aromatic rings. The lowest BCUT2D eigenvalue weighted by molar-refractivity contribution is -0.155. The van der Waals surface area contributed by atoms with Crippen molar-refractivity contribution >= 4 is 0 Å². The first kappa shape index (κ1) is 12.3. The van der Waals surface area contributed by atoms with Crippen LogP contribution in [-0.2, 0) is 0 Å². The summed E-state index contributed by atoms with van der Waals surface area (Å²) in [5, 5.41) is 0. The molecule has 0 bridgehead atoms. The van der Waals surface area contributed by atoms with Gasteiger partial charge in [0.15, 0.2) is 0 Å². The fourth-order valence-electron chi connectivity index (χ4n) is 2.00. The van der Waals surface area contributed by atoms with Gasteiger partial charge in [-0.1, -0.05) is 0 Å². The predicted octanol–water partition coefficient (Wildman–Crippen LogP) is 4.08. The van der Waals surface area contributed by atoms with Gasteiger partial charge in [-0.25, -0.2) is 8.78 Å². The summed E-state index contributed by atoms with van der Waals surface area (Å²) in [6, 6.07) is 0.959. The zero-order valence-electron chi connectivity index (χ0n) is 8.72. The van der Waals surface area contributed by atoms with Gasteiger partial charge in [-0.3, -0.25) is 4.98 Å². The average Bonchev–Trinajstić information content (AvgIpc) is 3.00. The fraction of sp³-hybridized carbons (Fsp3) is 0.545. The Morgan fingerprint density at radius 3 is 2.29 bits per heavy atom. The first-order valence-electron chi connectivity index (χ1n) is 5.20. The Labute approximate surface area is 94.7 Å². The van der Waals surface area contributed by atoms with Gasteiger partial charge in [0, 0.05) is 18.0 Å². The van der Waals surface area contributed by atoms with Gasteiger partial charge in [0.05, 0.1) is 5.92 Å². The maximum Gasteiger partial charge on any atom is 0.396 e. The molecule has 0 spiro atoms. The summed E-state index contributed by atoms with van der Waals surface area (Å²) in [6.07, 6.45) is -4.53. The topological polar surface area (TPSA) is 12.9 Å². The van der Waals surface area contributed by atoms with Crippen molar-refractivity contribution in [3.8, 4) is 0 Å². The first-order chi connectivity index (χ1) is 7.91. The number of aromatic nitrogens is 1. The van der Waals surface area contributed by atoms with Crippen LogP contribution in [0.4, 0.5) is 22.0 Å². The SMILES string of the molecule is FC(F)c1ccncc1[C@H](C1CC1)C(F)(F)F. The molecule has 1 aromatic heterocycles. The Hall–Kier alpha value is -1.20. The van der Waals surface area contributed by atoms with Gasteiger partial charge in [-0.05, 0) is 30.4 Å². The van der Waals surface area contributed by atoms with Crippen LogP contribution in [0, 0.1) is 5.92 Å². The third-order valence-electron chi connectivity index (χ3n) is 2.90. The normalized spacial score (nSPS) is 18.5. The monoisotopic (exact) mass is 251 g/mol. The third kappa shape index (κ3) is 2.56. The molecule has 0 aromatic carbocycles. The summed E-state index contributed by atoms with van der Waals surface area (Å²) in [5.41, 5.74) is -0.938. The molecule has 1 atom stereocenters. The standard InChI is InChI=1S/C11H10F5N/c12-10(13)7-3-4-17-5-8(7)9(6-1-2-6)11(14,15)16/h3-6,9-10H,1-2H2/t9-/m0/s1. The Balaban J connectivity index is 2.42. The molecule has 1 aliphatic carbocycles. The largest absolute Gasteiger partial charge is 0.396 e. The van der Waals surface area contributed by atoms with E-state index in [0.717, 1.165) is 18.5 Å². The van der Waals surface area contributed by atoms with E-state index in [0.29, 0.717) is 12.8 Å². The van der Waals surface area contributed by atoms with Gasteiger partial charge < -0.3 is 0 Å². The number of alkyl halides is 5. The highest BCUT2D eigenvalue weighted by atomic mass is 19.4. The molecule has 0 aliphatic heterocycles. The molecule has 6 heteroatoms. The molecule has 0 amide bonds. The van der Waals surface area contributed by atoms with E-state index < -0.39 is 30.0 Å². The van der Waals surface area contributed by atoms with Crippen LogP contribution in [0.15, 0.2) is 18.5 Å². The predicted molar refractivity (Wildman–Crippen MR) is 50.7 cm³/mol. The lowest BCUT2D eigenvalue weighted by Crippen LogP contribution is -2.24. The van der Waals surface area contributed by atoms with Crippen LogP contribution in [-0.4, -0.2) is 11.2 Å². The van der Waals surface area contributed by atoms with Crippen molar-refractivity contribution < 1.29 is 22.0 Å². The first-order valence-corrected chi connectivity index (χ1v) is 5.20. The maximum absolute atomic E-state index is 12.9. The summed E-state index contributed by atoms with van der Waals surface area (Å²) >= 11 is 0. The van der Waals surface area contributed by atoms with Crippen LogP contribution in [0.2, 0.25) is 0 Å². The molecule has 0 saturated heterocycles. The van der Waals surface area contributed by atoms with Crippen molar-refractivity contribution in [3.05, 3.63) is 29.6 Å². The molecule has 1 nitrogen and oxygen atoms in total. The Bertz CT molecular complexity index is 397. The van der Waals surface area contributed by atoms with E-state index >= 15 is 0 Å². The number of hydrogen-bond donors (Lipinski definition) is 0. The van der Waals surface area contributed by atoms with Crippen molar-refractivity contribution in [1.82, 2.24) is 4.98 Å².